The van der Waals surface area contributed by atoms with Gasteiger partial charge in [-0.1, -0.05) is 20.8 Å². The number of hydrogen-bond donors (Lipinski definition) is 2. The van der Waals surface area contributed by atoms with Crippen molar-refractivity contribution in [3.63, 3.8) is 0 Å². The van der Waals surface area contributed by atoms with Crippen LogP contribution in [0.5, 0.6) is 0 Å². The molecule has 1 saturated heterocycles. The summed E-state index contributed by atoms with van der Waals surface area (Å²) in [6, 6.07) is 0.437. The van der Waals surface area contributed by atoms with Crippen molar-refractivity contribution in [2.24, 2.45) is 17.1 Å². The summed E-state index contributed by atoms with van der Waals surface area (Å²) in [5, 5.41) is 9.21. The van der Waals surface area contributed by atoms with Gasteiger partial charge in [0.15, 0.2) is 0 Å². The second-order valence-corrected chi connectivity index (χ2v) is 5.80. The van der Waals surface area contributed by atoms with Crippen LogP contribution in [0.2, 0.25) is 0 Å². The lowest BCUT2D eigenvalue weighted by Gasteiger charge is -2.43. The van der Waals surface area contributed by atoms with Crippen molar-refractivity contribution in [3.05, 3.63) is 0 Å². The molecular weight excluding hydrogens is 188 g/mol. The van der Waals surface area contributed by atoms with Crippen LogP contribution < -0.4 is 5.73 Å². The SMILES string of the molecule is CC(C)(C)C(CN)N1CCCC(CO)C1. The Morgan fingerprint density at radius 1 is 1.47 bits per heavy atom. The molecule has 1 heterocycles. The molecule has 3 heteroatoms. The van der Waals surface area contributed by atoms with Gasteiger partial charge in [0.25, 0.3) is 0 Å². The molecule has 0 spiro atoms. The van der Waals surface area contributed by atoms with Crippen LogP contribution in [0.25, 0.3) is 0 Å². The van der Waals surface area contributed by atoms with Crippen LogP contribution in [0.1, 0.15) is 33.6 Å². The van der Waals surface area contributed by atoms with E-state index >= 15 is 0 Å². The van der Waals surface area contributed by atoms with E-state index in [1.54, 1.807) is 0 Å². The Bertz CT molecular complexity index is 189. The Balaban J connectivity index is 2.60. The first kappa shape index (κ1) is 12.9. The molecule has 2 atom stereocenters. The summed E-state index contributed by atoms with van der Waals surface area (Å²) in [5.41, 5.74) is 6.10. The number of aliphatic hydroxyl groups excluding tert-OH is 1. The highest BCUT2D eigenvalue weighted by Crippen LogP contribution is 2.27. The molecule has 1 aliphatic rings. The monoisotopic (exact) mass is 214 g/mol. The summed E-state index contributed by atoms with van der Waals surface area (Å²) in [5.74, 6) is 0.454. The third kappa shape index (κ3) is 3.44. The predicted molar refractivity (Wildman–Crippen MR) is 63.7 cm³/mol. The minimum atomic E-state index is 0.228. The molecule has 0 amide bonds. The number of aliphatic hydroxyl groups is 1. The van der Waals surface area contributed by atoms with Gasteiger partial charge in [-0.2, -0.15) is 0 Å². The quantitative estimate of drug-likeness (QED) is 0.738. The molecule has 1 rings (SSSR count). The number of hydrogen-bond acceptors (Lipinski definition) is 3. The fourth-order valence-electron chi connectivity index (χ4n) is 2.58. The van der Waals surface area contributed by atoms with Gasteiger partial charge in [0.1, 0.15) is 0 Å². The molecule has 2 unspecified atom stereocenters. The highest BCUT2D eigenvalue weighted by Gasteiger charge is 2.32. The van der Waals surface area contributed by atoms with E-state index in [4.69, 9.17) is 5.73 Å². The van der Waals surface area contributed by atoms with Crippen molar-refractivity contribution in [1.82, 2.24) is 4.90 Å². The molecule has 0 aromatic heterocycles. The summed E-state index contributed by atoms with van der Waals surface area (Å²) in [4.78, 5) is 2.46. The Kier molecular flexibility index (Phi) is 4.56. The summed E-state index contributed by atoms with van der Waals surface area (Å²) < 4.78 is 0. The molecule has 3 N–H and O–H groups in total. The molecule has 1 aliphatic heterocycles. The van der Waals surface area contributed by atoms with Crippen molar-refractivity contribution in [2.75, 3.05) is 26.2 Å². The molecule has 0 aliphatic carbocycles. The van der Waals surface area contributed by atoms with Crippen LogP contribution in [0.15, 0.2) is 0 Å². The second-order valence-electron chi connectivity index (χ2n) is 5.80. The van der Waals surface area contributed by atoms with Crippen molar-refractivity contribution in [3.8, 4) is 0 Å². The lowest BCUT2D eigenvalue weighted by molar-refractivity contribution is 0.0446. The van der Waals surface area contributed by atoms with Crippen LogP contribution in [0, 0.1) is 11.3 Å². The minimum Gasteiger partial charge on any atom is -0.396 e. The maximum absolute atomic E-state index is 9.21. The van der Waals surface area contributed by atoms with Gasteiger partial charge in [0, 0.05) is 25.7 Å². The van der Waals surface area contributed by atoms with Crippen LogP contribution in [0.3, 0.4) is 0 Å². The van der Waals surface area contributed by atoms with Crippen molar-refractivity contribution in [1.29, 1.82) is 0 Å². The van der Waals surface area contributed by atoms with Gasteiger partial charge >= 0.3 is 0 Å². The van der Waals surface area contributed by atoms with Gasteiger partial charge in [0.05, 0.1) is 0 Å². The Labute approximate surface area is 93.6 Å². The predicted octanol–water partition coefficient (Wildman–Crippen LogP) is 1.06. The van der Waals surface area contributed by atoms with Gasteiger partial charge in [-0.3, -0.25) is 4.90 Å². The summed E-state index contributed by atoms with van der Waals surface area (Å²) >= 11 is 0. The lowest BCUT2D eigenvalue weighted by Crippen LogP contribution is -2.52. The van der Waals surface area contributed by atoms with Crippen LogP contribution in [-0.4, -0.2) is 42.3 Å². The molecule has 1 fully saturated rings. The Hall–Kier alpha value is -0.120. The molecule has 15 heavy (non-hydrogen) atoms. The van der Waals surface area contributed by atoms with Gasteiger partial charge in [-0.25, -0.2) is 0 Å². The highest BCUT2D eigenvalue weighted by atomic mass is 16.3. The van der Waals surface area contributed by atoms with Crippen LogP contribution >= 0.6 is 0 Å². The van der Waals surface area contributed by atoms with Gasteiger partial charge in [0.2, 0.25) is 0 Å². The molecule has 90 valence electrons. The van der Waals surface area contributed by atoms with E-state index in [9.17, 15) is 5.11 Å². The first-order valence-electron chi connectivity index (χ1n) is 6.04. The fraction of sp³-hybridized carbons (Fsp3) is 1.00. The third-order valence-corrected chi connectivity index (χ3v) is 3.47. The molecule has 3 nitrogen and oxygen atoms in total. The van der Waals surface area contributed by atoms with Gasteiger partial charge in [-0.05, 0) is 30.7 Å². The van der Waals surface area contributed by atoms with Crippen molar-refractivity contribution >= 4 is 0 Å². The summed E-state index contributed by atoms with van der Waals surface area (Å²) in [7, 11) is 0. The first-order chi connectivity index (χ1) is 6.99. The largest absolute Gasteiger partial charge is 0.396 e. The average molecular weight is 214 g/mol. The highest BCUT2D eigenvalue weighted by molar-refractivity contribution is 4.87. The standard InChI is InChI=1S/C12H26N2O/c1-12(2,3)11(7-13)14-6-4-5-10(8-14)9-15/h10-11,15H,4-9,13H2,1-3H3. The van der Waals surface area contributed by atoms with Crippen LogP contribution in [0.4, 0.5) is 0 Å². The molecule has 0 radical (unpaired) electrons. The third-order valence-electron chi connectivity index (χ3n) is 3.47. The Morgan fingerprint density at radius 3 is 2.60 bits per heavy atom. The molecular formula is C12H26N2O. The van der Waals surface area contributed by atoms with E-state index < -0.39 is 0 Å². The van der Waals surface area contributed by atoms with Gasteiger partial charge in [-0.15, -0.1) is 0 Å². The number of nitrogens with zero attached hydrogens (tertiary/aromatic N) is 1. The Morgan fingerprint density at radius 2 is 2.13 bits per heavy atom. The average Bonchev–Trinajstić information content (AvgIpc) is 2.17. The number of rotatable bonds is 3. The smallest absolute Gasteiger partial charge is 0.0471 e. The van der Waals surface area contributed by atoms with E-state index in [0.717, 1.165) is 19.5 Å². The minimum absolute atomic E-state index is 0.228. The van der Waals surface area contributed by atoms with E-state index in [1.807, 2.05) is 0 Å². The fourth-order valence-corrected chi connectivity index (χ4v) is 2.58. The normalized spacial score (nSPS) is 26.6. The van der Waals surface area contributed by atoms with E-state index in [1.165, 1.54) is 6.42 Å². The topological polar surface area (TPSA) is 49.5 Å². The summed E-state index contributed by atoms with van der Waals surface area (Å²) in [6.45, 7) is 9.90. The second kappa shape index (κ2) is 5.28. The lowest BCUT2D eigenvalue weighted by atomic mass is 9.83. The molecule has 0 saturated carbocycles. The van der Waals surface area contributed by atoms with Crippen molar-refractivity contribution in [2.45, 2.75) is 39.7 Å². The maximum atomic E-state index is 9.21. The molecule has 0 aromatic carbocycles. The number of likely N-dealkylation sites (tertiary alicyclic amines) is 1. The molecule has 0 aromatic rings. The van der Waals surface area contributed by atoms with Gasteiger partial charge < -0.3 is 10.8 Å². The molecule has 0 bridgehead atoms. The zero-order valence-corrected chi connectivity index (χ0v) is 10.4. The zero-order valence-electron chi connectivity index (χ0n) is 10.4. The van der Waals surface area contributed by atoms with E-state index in [2.05, 4.69) is 25.7 Å². The van der Waals surface area contributed by atoms with Crippen molar-refractivity contribution < 1.29 is 5.11 Å². The number of nitrogens with two attached hydrogens (primary N) is 1. The zero-order chi connectivity index (χ0) is 11.5. The van der Waals surface area contributed by atoms with E-state index in [-0.39, 0.29) is 5.41 Å². The first-order valence-corrected chi connectivity index (χ1v) is 6.04. The maximum Gasteiger partial charge on any atom is 0.0471 e. The van der Waals surface area contributed by atoms with Crippen LogP contribution in [-0.2, 0) is 0 Å². The summed E-state index contributed by atoms with van der Waals surface area (Å²) in [6.07, 6.45) is 2.35. The number of piperidine rings is 1. The van der Waals surface area contributed by atoms with E-state index in [0.29, 0.717) is 25.1 Å².